The van der Waals surface area contributed by atoms with Crippen LogP contribution in [0.2, 0.25) is 0 Å². The molecule has 1 heterocycles. The van der Waals surface area contributed by atoms with Crippen LogP contribution in [-0.4, -0.2) is 22.5 Å². The van der Waals surface area contributed by atoms with Crippen molar-refractivity contribution in [3.63, 3.8) is 0 Å². The van der Waals surface area contributed by atoms with E-state index in [-0.39, 0.29) is 5.91 Å². The fourth-order valence-electron chi connectivity index (χ4n) is 0.799. The van der Waals surface area contributed by atoms with Crippen LogP contribution >= 0.6 is 24.6 Å². The Morgan fingerprint density at radius 3 is 3.00 bits per heavy atom. The van der Waals surface area contributed by atoms with Crippen LogP contribution < -0.4 is 0 Å². The van der Waals surface area contributed by atoms with Crippen molar-refractivity contribution < 1.29 is 4.79 Å². The maximum Gasteiger partial charge on any atom is 0.269 e. The summed E-state index contributed by atoms with van der Waals surface area (Å²) in [6, 6.07) is 0. The van der Waals surface area contributed by atoms with E-state index in [0.29, 0.717) is 6.54 Å². The highest BCUT2D eigenvalue weighted by molar-refractivity contribution is 8.04. The van der Waals surface area contributed by atoms with Crippen molar-refractivity contribution in [2.24, 2.45) is 0 Å². The molecule has 0 N–H and O–H groups in total. The molecule has 0 fully saturated rings. The number of thioether (sulfide) groups is 1. The topological polar surface area (TPSA) is 20.3 Å². The summed E-state index contributed by atoms with van der Waals surface area (Å²) in [5.41, 5.74) is 0. The molecule has 1 aliphatic rings. The molecule has 0 saturated heterocycles. The first-order valence-electron chi connectivity index (χ1n) is 3.59. The summed E-state index contributed by atoms with van der Waals surface area (Å²) in [4.78, 5) is 12.0. The van der Waals surface area contributed by atoms with Crippen LogP contribution in [0.1, 0.15) is 13.3 Å². The van der Waals surface area contributed by atoms with Crippen LogP contribution in [0.15, 0.2) is 11.0 Å². The maximum atomic E-state index is 11.2. The van der Waals surface area contributed by atoms with Gasteiger partial charge in [0.2, 0.25) is 0 Å². The Bertz CT molecular complexity index is 191. The number of amides is 1. The van der Waals surface area contributed by atoms with Crippen molar-refractivity contribution in [3.05, 3.63) is 11.0 Å². The third kappa shape index (κ3) is 2.17. The van der Waals surface area contributed by atoms with E-state index in [1.54, 1.807) is 11.8 Å². The number of thiol groups is 1. The van der Waals surface area contributed by atoms with Crippen molar-refractivity contribution in [2.45, 2.75) is 13.3 Å². The second-order valence-electron chi connectivity index (χ2n) is 2.30. The van der Waals surface area contributed by atoms with Crippen molar-refractivity contribution >= 4 is 30.5 Å². The molecule has 0 aliphatic carbocycles. The summed E-state index contributed by atoms with van der Waals surface area (Å²) in [6.07, 6.45) is 3.03. The predicted octanol–water partition coefficient (Wildman–Crippen LogP) is 1.70. The second kappa shape index (κ2) is 4.07. The molecule has 0 bridgehead atoms. The molecule has 62 valence electrons. The predicted molar refractivity (Wildman–Crippen MR) is 51.5 cm³/mol. The van der Waals surface area contributed by atoms with Gasteiger partial charge in [-0.15, -0.1) is 11.8 Å². The number of carbonyl (C=O) groups is 1. The molecular weight excluding hydrogens is 178 g/mol. The fourth-order valence-corrected chi connectivity index (χ4v) is 1.91. The molecule has 0 atom stereocenters. The Balaban J connectivity index is 2.41. The molecule has 1 amide bonds. The lowest BCUT2D eigenvalue weighted by atomic mass is 10.6. The van der Waals surface area contributed by atoms with Gasteiger partial charge in [-0.1, -0.05) is 19.7 Å². The largest absolute Gasteiger partial charge is 0.281 e. The number of carbonyl (C=O) groups excluding carboxylic acids is 1. The van der Waals surface area contributed by atoms with Crippen LogP contribution in [0, 0.1) is 0 Å². The number of hydrogen-bond acceptors (Lipinski definition) is 3. The molecule has 0 spiro atoms. The molecule has 0 saturated carbocycles. The van der Waals surface area contributed by atoms with Gasteiger partial charge >= 0.3 is 0 Å². The van der Waals surface area contributed by atoms with Gasteiger partial charge in [-0.3, -0.25) is 9.10 Å². The molecule has 0 aromatic rings. The van der Waals surface area contributed by atoms with E-state index in [9.17, 15) is 4.79 Å². The number of hydrogen-bond donors (Lipinski definition) is 1. The highest BCUT2D eigenvalue weighted by Gasteiger charge is 2.20. The van der Waals surface area contributed by atoms with Gasteiger partial charge in [-0.05, 0) is 18.2 Å². The lowest BCUT2D eigenvalue weighted by molar-refractivity contribution is -0.120. The van der Waals surface area contributed by atoms with E-state index in [1.807, 2.05) is 6.08 Å². The Kier molecular flexibility index (Phi) is 3.33. The van der Waals surface area contributed by atoms with Gasteiger partial charge in [-0.25, -0.2) is 0 Å². The van der Waals surface area contributed by atoms with E-state index in [0.717, 1.165) is 17.1 Å². The van der Waals surface area contributed by atoms with Crippen molar-refractivity contribution in [3.8, 4) is 0 Å². The van der Waals surface area contributed by atoms with Crippen molar-refractivity contribution in [1.82, 2.24) is 4.31 Å². The van der Waals surface area contributed by atoms with Gasteiger partial charge in [0.1, 0.15) is 0 Å². The molecule has 11 heavy (non-hydrogen) atoms. The van der Waals surface area contributed by atoms with Gasteiger partial charge in [-0.2, -0.15) is 0 Å². The van der Waals surface area contributed by atoms with Crippen LogP contribution in [0.3, 0.4) is 0 Å². The summed E-state index contributed by atoms with van der Waals surface area (Å²) in [5.74, 6) is 1.06. The van der Waals surface area contributed by atoms with Crippen LogP contribution in [0.5, 0.6) is 0 Å². The second-order valence-corrected chi connectivity index (χ2v) is 3.92. The van der Waals surface area contributed by atoms with E-state index in [4.69, 9.17) is 0 Å². The molecule has 0 aromatic heterocycles. The third-order valence-electron chi connectivity index (χ3n) is 1.36. The highest BCUT2D eigenvalue weighted by Crippen LogP contribution is 2.24. The van der Waals surface area contributed by atoms with E-state index < -0.39 is 0 Å². The zero-order valence-electron chi connectivity index (χ0n) is 6.41. The van der Waals surface area contributed by atoms with E-state index in [2.05, 4.69) is 19.7 Å². The summed E-state index contributed by atoms with van der Waals surface area (Å²) in [6.45, 7) is 2.75. The maximum absolute atomic E-state index is 11.2. The van der Waals surface area contributed by atoms with Gasteiger partial charge < -0.3 is 0 Å². The normalized spacial score (nSPS) is 17.5. The zero-order chi connectivity index (χ0) is 8.27. The van der Waals surface area contributed by atoms with Gasteiger partial charge in [0.25, 0.3) is 5.91 Å². The minimum atomic E-state index is 0.0479. The molecule has 1 aliphatic heterocycles. The van der Waals surface area contributed by atoms with Gasteiger partial charge in [0, 0.05) is 0 Å². The van der Waals surface area contributed by atoms with E-state index >= 15 is 0 Å². The smallest absolute Gasteiger partial charge is 0.269 e. The zero-order valence-corrected chi connectivity index (χ0v) is 8.12. The van der Waals surface area contributed by atoms with Gasteiger partial charge in [0.05, 0.1) is 11.4 Å². The Hall–Kier alpha value is -0.0900. The molecule has 0 unspecified atom stereocenters. The highest BCUT2D eigenvalue weighted by atomic mass is 32.2. The Labute approximate surface area is 76.6 Å². The van der Waals surface area contributed by atoms with Crippen LogP contribution in [0.4, 0.5) is 0 Å². The van der Waals surface area contributed by atoms with Crippen molar-refractivity contribution in [1.29, 1.82) is 0 Å². The summed E-state index contributed by atoms with van der Waals surface area (Å²) in [5, 5.41) is 0. The first-order valence-corrected chi connectivity index (χ1v) is 4.98. The molecule has 2 nitrogen and oxygen atoms in total. The minimum Gasteiger partial charge on any atom is -0.281 e. The van der Waals surface area contributed by atoms with E-state index in [1.165, 1.54) is 4.31 Å². The van der Waals surface area contributed by atoms with Gasteiger partial charge in [0.15, 0.2) is 0 Å². The molecule has 0 aromatic carbocycles. The van der Waals surface area contributed by atoms with Crippen LogP contribution in [-0.2, 0) is 4.79 Å². The standard InChI is InChI=1S/C7H11NOS2/c1-2-5-11-6-3-4-8(10)7(6)9/h3,10H,2,4-5H2,1H3. The Morgan fingerprint density at radius 2 is 2.55 bits per heavy atom. The summed E-state index contributed by atoms with van der Waals surface area (Å²) >= 11 is 5.60. The lowest BCUT2D eigenvalue weighted by Gasteiger charge is -2.05. The first kappa shape index (κ1) is 9.00. The van der Waals surface area contributed by atoms with Crippen LogP contribution in [0.25, 0.3) is 0 Å². The number of nitrogens with zero attached hydrogens (tertiary/aromatic N) is 1. The average Bonchev–Trinajstić information content (AvgIpc) is 2.31. The summed E-state index contributed by atoms with van der Waals surface area (Å²) < 4.78 is 1.43. The number of rotatable bonds is 3. The average molecular weight is 189 g/mol. The Morgan fingerprint density at radius 1 is 1.82 bits per heavy atom. The molecular formula is C7H11NOS2. The molecule has 0 radical (unpaired) electrons. The molecule has 4 heteroatoms. The summed E-state index contributed by atoms with van der Waals surface area (Å²) in [7, 11) is 0. The SMILES string of the molecule is CCCSC1=CCN(S)C1=O. The third-order valence-corrected chi connectivity index (χ3v) is 2.97. The monoisotopic (exact) mass is 189 g/mol. The lowest BCUT2D eigenvalue weighted by Crippen LogP contribution is -2.14. The molecule has 1 rings (SSSR count). The van der Waals surface area contributed by atoms with Crippen molar-refractivity contribution in [2.75, 3.05) is 12.3 Å². The first-order chi connectivity index (χ1) is 5.25. The quantitative estimate of drug-likeness (QED) is 0.682. The fraction of sp³-hybridized carbons (Fsp3) is 0.571. The minimum absolute atomic E-state index is 0.0479.